The minimum Gasteiger partial charge on any atom is -0.390 e. The number of ether oxygens (including phenoxy) is 1. The van der Waals surface area contributed by atoms with Crippen molar-refractivity contribution in [3.63, 3.8) is 0 Å². The number of nitrogens with zero attached hydrogens (tertiary/aromatic N) is 1. The van der Waals surface area contributed by atoms with Crippen LogP contribution in [0.2, 0.25) is 0 Å². The summed E-state index contributed by atoms with van der Waals surface area (Å²) in [5, 5.41) is 12.7. The molecule has 0 bridgehead atoms. The lowest BCUT2D eigenvalue weighted by Crippen LogP contribution is -2.35. The van der Waals surface area contributed by atoms with Crippen LogP contribution in [-0.2, 0) is 4.74 Å². The minimum atomic E-state index is -0.281. The monoisotopic (exact) mass is 218 g/mol. The standard InChI is InChI=1S/C11H26N2O2/c1-4-7-15-8-5-6-12-9-11(14)10-13(2)3/h11-12,14H,4-10H2,1-3H3. The molecule has 0 aromatic rings. The van der Waals surface area contributed by atoms with Crippen LogP contribution in [0.5, 0.6) is 0 Å². The molecule has 15 heavy (non-hydrogen) atoms. The van der Waals surface area contributed by atoms with Gasteiger partial charge in [-0.1, -0.05) is 6.92 Å². The highest BCUT2D eigenvalue weighted by Gasteiger charge is 2.03. The minimum absolute atomic E-state index is 0.281. The lowest BCUT2D eigenvalue weighted by Gasteiger charge is -2.16. The van der Waals surface area contributed by atoms with Gasteiger partial charge in [-0.3, -0.25) is 0 Å². The third-order valence-corrected chi connectivity index (χ3v) is 1.95. The second-order valence-electron chi connectivity index (χ2n) is 4.09. The van der Waals surface area contributed by atoms with Gasteiger partial charge in [-0.25, -0.2) is 0 Å². The van der Waals surface area contributed by atoms with E-state index in [0.29, 0.717) is 13.1 Å². The molecular weight excluding hydrogens is 192 g/mol. The van der Waals surface area contributed by atoms with Gasteiger partial charge in [-0.2, -0.15) is 0 Å². The maximum atomic E-state index is 9.52. The van der Waals surface area contributed by atoms with Crippen LogP contribution in [0.15, 0.2) is 0 Å². The Hall–Kier alpha value is -0.160. The number of hydrogen-bond donors (Lipinski definition) is 2. The largest absolute Gasteiger partial charge is 0.390 e. The normalized spacial score (nSPS) is 13.4. The molecule has 0 aromatic carbocycles. The van der Waals surface area contributed by atoms with E-state index in [9.17, 15) is 5.11 Å². The molecule has 92 valence electrons. The fraction of sp³-hybridized carbons (Fsp3) is 1.00. The summed E-state index contributed by atoms with van der Waals surface area (Å²) >= 11 is 0. The molecule has 4 nitrogen and oxygen atoms in total. The maximum absolute atomic E-state index is 9.52. The summed E-state index contributed by atoms with van der Waals surface area (Å²) in [6.45, 7) is 6.04. The molecule has 0 spiro atoms. The van der Waals surface area contributed by atoms with Gasteiger partial charge in [0.25, 0.3) is 0 Å². The Balaban J connectivity index is 3.09. The van der Waals surface area contributed by atoms with Crippen LogP contribution in [0.3, 0.4) is 0 Å². The molecule has 0 fully saturated rings. The molecule has 0 saturated heterocycles. The first-order chi connectivity index (χ1) is 7.16. The molecule has 0 amide bonds. The summed E-state index contributed by atoms with van der Waals surface area (Å²) in [6, 6.07) is 0. The van der Waals surface area contributed by atoms with Crippen LogP contribution >= 0.6 is 0 Å². The third kappa shape index (κ3) is 11.8. The molecule has 0 radical (unpaired) electrons. The van der Waals surface area contributed by atoms with Gasteiger partial charge < -0.3 is 20.1 Å². The second-order valence-corrected chi connectivity index (χ2v) is 4.09. The maximum Gasteiger partial charge on any atom is 0.0791 e. The first-order valence-electron chi connectivity index (χ1n) is 5.78. The van der Waals surface area contributed by atoms with Crippen LogP contribution in [0.1, 0.15) is 19.8 Å². The number of likely N-dealkylation sites (N-methyl/N-ethyl adjacent to an activating group) is 1. The van der Waals surface area contributed by atoms with Gasteiger partial charge in [0.15, 0.2) is 0 Å². The third-order valence-electron chi connectivity index (χ3n) is 1.95. The summed E-state index contributed by atoms with van der Waals surface area (Å²) in [7, 11) is 3.92. The highest BCUT2D eigenvalue weighted by Crippen LogP contribution is 1.86. The summed E-state index contributed by atoms with van der Waals surface area (Å²) in [5.41, 5.74) is 0. The Bertz CT molecular complexity index is 132. The van der Waals surface area contributed by atoms with Crippen molar-refractivity contribution in [1.82, 2.24) is 10.2 Å². The van der Waals surface area contributed by atoms with E-state index in [-0.39, 0.29) is 6.10 Å². The van der Waals surface area contributed by atoms with Gasteiger partial charge in [0, 0.05) is 26.3 Å². The number of aliphatic hydroxyl groups excluding tert-OH is 1. The van der Waals surface area contributed by atoms with Crippen LogP contribution in [-0.4, -0.2) is 63.1 Å². The predicted molar refractivity (Wildman–Crippen MR) is 63.2 cm³/mol. The van der Waals surface area contributed by atoms with Crippen LogP contribution < -0.4 is 5.32 Å². The van der Waals surface area contributed by atoms with E-state index in [1.807, 2.05) is 19.0 Å². The number of nitrogens with one attached hydrogen (secondary N) is 1. The Morgan fingerprint density at radius 2 is 2.07 bits per heavy atom. The highest BCUT2D eigenvalue weighted by atomic mass is 16.5. The fourth-order valence-corrected chi connectivity index (χ4v) is 1.30. The fourth-order valence-electron chi connectivity index (χ4n) is 1.30. The molecular formula is C11H26N2O2. The van der Waals surface area contributed by atoms with Crippen LogP contribution in [0, 0.1) is 0 Å². The number of hydrogen-bond acceptors (Lipinski definition) is 4. The topological polar surface area (TPSA) is 44.7 Å². The molecule has 0 rings (SSSR count). The zero-order valence-corrected chi connectivity index (χ0v) is 10.3. The molecule has 0 aliphatic rings. The average molecular weight is 218 g/mol. The van der Waals surface area contributed by atoms with Crippen molar-refractivity contribution in [3.05, 3.63) is 0 Å². The molecule has 4 heteroatoms. The molecule has 2 N–H and O–H groups in total. The second kappa shape index (κ2) is 10.4. The zero-order chi connectivity index (χ0) is 11.5. The van der Waals surface area contributed by atoms with Gasteiger partial charge in [0.1, 0.15) is 0 Å². The smallest absolute Gasteiger partial charge is 0.0791 e. The van der Waals surface area contributed by atoms with E-state index in [1.165, 1.54) is 0 Å². The van der Waals surface area contributed by atoms with E-state index in [2.05, 4.69) is 12.2 Å². The van der Waals surface area contributed by atoms with Crippen LogP contribution in [0.25, 0.3) is 0 Å². The predicted octanol–water partition coefficient (Wildman–Crippen LogP) is 0.315. The van der Waals surface area contributed by atoms with Gasteiger partial charge in [-0.05, 0) is 33.5 Å². The first kappa shape index (κ1) is 14.8. The number of rotatable bonds is 10. The average Bonchev–Trinajstić information content (AvgIpc) is 2.15. The first-order valence-corrected chi connectivity index (χ1v) is 5.78. The Morgan fingerprint density at radius 3 is 2.67 bits per heavy atom. The molecule has 0 aliphatic heterocycles. The Kier molecular flexibility index (Phi) is 10.3. The van der Waals surface area contributed by atoms with Gasteiger partial charge in [0.2, 0.25) is 0 Å². The Morgan fingerprint density at radius 1 is 1.33 bits per heavy atom. The van der Waals surface area contributed by atoms with E-state index in [1.54, 1.807) is 0 Å². The summed E-state index contributed by atoms with van der Waals surface area (Å²) < 4.78 is 5.34. The molecule has 0 saturated carbocycles. The zero-order valence-electron chi connectivity index (χ0n) is 10.3. The van der Waals surface area contributed by atoms with E-state index in [4.69, 9.17) is 4.74 Å². The van der Waals surface area contributed by atoms with E-state index >= 15 is 0 Å². The Labute approximate surface area is 93.6 Å². The van der Waals surface area contributed by atoms with E-state index < -0.39 is 0 Å². The molecule has 0 aromatic heterocycles. The van der Waals surface area contributed by atoms with Gasteiger partial charge in [-0.15, -0.1) is 0 Å². The summed E-state index contributed by atoms with van der Waals surface area (Å²) in [5.74, 6) is 0. The van der Waals surface area contributed by atoms with E-state index in [0.717, 1.165) is 32.6 Å². The van der Waals surface area contributed by atoms with Crippen molar-refractivity contribution in [3.8, 4) is 0 Å². The molecule has 0 aliphatic carbocycles. The molecule has 1 unspecified atom stereocenters. The summed E-state index contributed by atoms with van der Waals surface area (Å²) in [4.78, 5) is 1.98. The summed E-state index contributed by atoms with van der Waals surface area (Å²) in [6.07, 6.45) is 1.81. The van der Waals surface area contributed by atoms with Crippen molar-refractivity contribution in [2.45, 2.75) is 25.9 Å². The molecule has 1 atom stereocenters. The van der Waals surface area contributed by atoms with Crippen molar-refractivity contribution in [1.29, 1.82) is 0 Å². The van der Waals surface area contributed by atoms with Gasteiger partial charge >= 0.3 is 0 Å². The van der Waals surface area contributed by atoms with Crippen LogP contribution in [0.4, 0.5) is 0 Å². The number of aliphatic hydroxyl groups is 1. The van der Waals surface area contributed by atoms with Gasteiger partial charge in [0.05, 0.1) is 6.10 Å². The lowest BCUT2D eigenvalue weighted by atomic mass is 10.3. The highest BCUT2D eigenvalue weighted by molar-refractivity contribution is 4.61. The molecule has 0 heterocycles. The SMILES string of the molecule is CCCOCCCNCC(O)CN(C)C. The quantitative estimate of drug-likeness (QED) is 0.518. The van der Waals surface area contributed by atoms with Crippen molar-refractivity contribution >= 4 is 0 Å². The van der Waals surface area contributed by atoms with Crippen molar-refractivity contribution in [2.75, 3.05) is 46.9 Å². The van der Waals surface area contributed by atoms with Crippen molar-refractivity contribution < 1.29 is 9.84 Å². The lowest BCUT2D eigenvalue weighted by molar-refractivity contribution is 0.123. The van der Waals surface area contributed by atoms with Crippen molar-refractivity contribution in [2.24, 2.45) is 0 Å².